The smallest absolute Gasteiger partial charge is 0.227 e. The zero-order valence-electron chi connectivity index (χ0n) is 13.2. The molecule has 2 heterocycles. The van der Waals surface area contributed by atoms with Gasteiger partial charge in [-0.2, -0.15) is 0 Å². The molecule has 1 N–H and O–H groups in total. The van der Waals surface area contributed by atoms with Crippen molar-refractivity contribution >= 4 is 17.5 Å². The molecule has 0 bridgehead atoms. The van der Waals surface area contributed by atoms with Crippen molar-refractivity contribution in [3.63, 3.8) is 0 Å². The van der Waals surface area contributed by atoms with E-state index in [1.54, 1.807) is 6.07 Å². The molecule has 2 fully saturated rings. The van der Waals surface area contributed by atoms with Crippen molar-refractivity contribution in [1.82, 2.24) is 15.1 Å². The number of hydrogen-bond donors (Lipinski definition) is 1. The van der Waals surface area contributed by atoms with Gasteiger partial charge in [-0.3, -0.25) is 9.69 Å². The molecule has 2 aliphatic heterocycles. The van der Waals surface area contributed by atoms with Crippen LogP contribution in [-0.4, -0.2) is 55.0 Å². The predicted molar refractivity (Wildman–Crippen MR) is 88.9 cm³/mol. The van der Waals surface area contributed by atoms with E-state index in [9.17, 15) is 9.18 Å². The van der Waals surface area contributed by atoms with Crippen molar-refractivity contribution in [2.45, 2.75) is 19.4 Å². The number of piperazine rings is 1. The second kappa shape index (κ2) is 7.60. The van der Waals surface area contributed by atoms with Crippen LogP contribution in [-0.2, 0) is 11.3 Å². The standard InChI is InChI=1S/C17H23ClFN3O/c18-16-10-15(19)4-3-14(16)12-21-6-8-22(9-7-21)17(23)13-2-1-5-20-11-13/h3-4,10,13,20H,1-2,5-9,11-12H2. The molecule has 1 aromatic carbocycles. The minimum Gasteiger partial charge on any atom is -0.340 e. The summed E-state index contributed by atoms with van der Waals surface area (Å²) in [5.41, 5.74) is 0.935. The summed E-state index contributed by atoms with van der Waals surface area (Å²) in [4.78, 5) is 16.8. The molecular weight excluding hydrogens is 317 g/mol. The highest BCUT2D eigenvalue weighted by molar-refractivity contribution is 6.31. The second-order valence-electron chi connectivity index (χ2n) is 6.38. The molecule has 3 rings (SSSR count). The average molecular weight is 340 g/mol. The van der Waals surface area contributed by atoms with E-state index in [4.69, 9.17) is 11.6 Å². The minimum atomic E-state index is -0.310. The Morgan fingerprint density at radius 2 is 2.09 bits per heavy atom. The SMILES string of the molecule is O=C(C1CCCNC1)N1CCN(Cc2ccc(F)cc2Cl)CC1. The van der Waals surface area contributed by atoms with Crippen LogP contribution in [0.5, 0.6) is 0 Å². The Hall–Kier alpha value is -1.17. The van der Waals surface area contributed by atoms with E-state index in [1.807, 2.05) is 4.90 Å². The number of hydrogen-bond acceptors (Lipinski definition) is 3. The molecule has 1 aromatic rings. The molecule has 4 nitrogen and oxygen atoms in total. The molecule has 2 saturated heterocycles. The van der Waals surface area contributed by atoms with E-state index in [2.05, 4.69) is 10.2 Å². The highest BCUT2D eigenvalue weighted by atomic mass is 35.5. The van der Waals surface area contributed by atoms with Crippen LogP contribution in [0.4, 0.5) is 4.39 Å². The number of halogens is 2. The van der Waals surface area contributed by atoms with Crippen molar-refractivity contribution in [3.8, 4) is 0 Å². The number of carbonyl (C=O) groups excluding carboxylic acids is 1. The van der Waals surface area contributed by atoms with Gasteiger partial charge in [-0.15, -0.1) is 0 Å². The van der Waals surface area contributed by atoms with Crippen LogP contribution in [0.3, 0.4) is 0 Å². The lowest BCUT2D eigenvalue weighted by Crippen LogP contribution is -2.51. The Kier molecular flexibility index (Phi) is 5.51. The first-order chi connectivity index (χ1) is 11.1. The van der Waals surface area contributed by atoms with Crippen molar-refractivity contribution in [2.24, 2.45) is 5.92 Å². The third kappa shape index (κ3) is 4.22. The van der Waals surface area contributed by atoms with Gasteiger partial charge in [-0.25, -0.2) is 4.39 Å². The zero-order chi connectivity index (χ0) is 16.2. The monoisotopic (exact) mass is 339 g/mol. The summed E-state index contributed by atoms with van der Waals surface area (Å²) in [5.74, 6) is 0.119. The summed E-state index contributed by atoms with van der Waals surface area (Å²) in [7, 11) is 0. The predicted octanol–water partition coefficient (Wildman–Crippen LogP) is 2.12. The van der Waals surface area contributed by atoms with Gasteiger partial charge in [-0.05, 0) is 37.1 Å². The van der Waals surface area contributed by atoms with Crippen LogP contribution in [0.1, 0.15) is 18.4 Å². The molecule has 1 atom stereocenters. The zero-order valence-corrected chi connectivity index (χ0v) is 14.0. The maximum absolute atomic E-state index is 13.1. The Labute approximate surface area is 141 Å². The fourth-order valence-electron chi connectivity index (χ4n) is 3.34. The first kappa shape index (κ1) is 16.7. The molecule has 6 heteroatoms. The van der Waals surface area contributed by atoms with Crippen LogP contribution in [0.15, 0.2) is 18.2 Å². The molecule has 0 spiro atoms. The van der Waals surface area contributed by atoms with Gasteiger partial charge in [0.05, 0.1) is 5.92 Å². The lowest BCUT2D eigenvalue weighted by molar-refractivity contribution is -0.137. The van der Waals surface area contributed by atoms with E-state index in [-0.39, 0.29) is 17.6 Å². The van der Waals surface area contributed by atoms with Gasteiger partial charge < -0.3 is 10.2 Å². The first-order valence-electron chi connectivity index (χ1n) is 8.29. The summed E-state index contributed by atoms with van der Waals surface area (Å²) in [6.45, 7) is 5.72. The van der Waals surface area contributed by atoms with Gasteiger partial charge in [0, 0.05) is 44.3 Å². The molecule has 2 aliphatic rings. The Morgan fingerprint density at radius 3 is 2.74 bits per heavy atom. The molecule has 126 valence electrons. The quantitative estimate of drug-likeness (QED) is 0.916. The van der Waals surface area contributed by atoms with Crippen molar-refractivity contribution in [2.75, 3.05) is 39.3 Å². The van der Waals surface area contributed by atoms with Gasteiger partial charge in [0.25, 0.3) is 0 Å². The lowest BCUT2D eigenvalue weighted by Gasteiger charge is -2.37. The van der Waals surface area contributed by atoms with Crippen molar-refractivity contribution < 1.29 is 9.18 Å². The minimum absolute atomic E-state index is 0.141. The fraction of sp³-hybridized carbons (Fsp3) is 0.588. The molecular formula is C17H23ClFN3O. The molecule has 1 unspecified atom stereocenters. The highest BCUT2D eigenvalue weighted by Gasteiger charge is 2.28. The van der Waals surface area contributed by atoms with Crippen LogP contribution < -0.4 is 5.32 Å². The molecule has 0 radical (unpaired) electrons. The summed E-state index contributed by atoms with van der Waals surface area (Å²) in [5, 5.41) is 3.77. The maximum atomic E-state index is 13.1. The fourth-order valence-corrected chi connectivity index (χ4v) is 3.56. The third-order valence-corrected chi connectivity index (χ3v) is 5.09. The van der Waals surface area contributed by atoms with Gasteiger partial charge in [0.15, 0.2) is 0 Å². The number of benzene rings is 1. The average Bonchev–Trinajstić information content (AvgIpc) is 2.58. The summed E-state index contributed by atoms with van der Waals surface area (Å²) in [6, 6.07) is 4.53. The van der Waals surface area contributed by atoms with Crippen LogP contribution in [0.25, 0.3) is 0 Å². The summed E-state index contributed by atoms with van der Waals surface area (Å²) in [6.07, 6.45) is 2.08. The Balaban J connectivity index is 1.51. The van der Waals surface area contributed by atoms with E-state index in [0.717, 1.165) is 57.7 Å². The molecule has 1 amide bonds. The molecule has 23 heavy (non-hydrogen) atoms. The normalized spacial score (nSPS) is 23.0. The van der Waals surface area contributed by atoms with E-state index in [0.29, 0.717) is 11.6 Å². The van der Waals surface area contributed by atoms with Gasteiger partial charge in [-0.1, -0.05) is 17.7 Å². The highest BCUT2D eigenvalue weighted by Crippen LogP contribution is 2.20. The van der Waals surface area contributed by atoms with Crippen molar-refractivity contribution in [1.29, 1.82) is 0 Å². The van der Waals surface area contributed by atoms with Crippen LogP contribution in [0, 0.1) is 11.7 Å². The van der Waals surface area contributed by atoms with Gasteiger partial charge in [0.2, 0.25) is 5.91 Å². The van der Waals surface area contributed by atoms with E-state index >= 15 is 0 Å². The number of carbonyl (C=O) groups is 1. The Morgan fingerprint density at radius 1 is 1.30 bits per heavy atom. The molecule has 0 saturated carbocycles. The Bertz CT molecular complexity index is 555. The number of rotatable bonds is 3. The number of piperidine rings is 1. The maximum Gasteiger partial charge on any atom is 0.227 e. The van der Waals surface area contributed by atoms with Crippen molar-refractivity contribution in [3.05, 3.63) is 34.6 Å². The lowest BCUT2D eigenvalue weighted by atomic mass is 9.98. The second-order valence-corrected chi connectivity index (χ2v) is 6.79. The van der Waals surface area contributed by atoms with E-state index in [1.165, 1.54) is 12.1 Å². The number of nitrogens with zero attached hydrogens (tertiary/aromatic N) is 2. The number of amides is 1. The number of nitrogens with one attached hydrogen (secondary N) is 1. The van der Waals surface area contributed by atoms with Gasteiger partial charge in [0.1, 0.15) is 5.82 Å². The largest absolute Gasteiger partial charge is 0.340 e. The van der Waals surface area contributed by atoms with Crippen LogP contribution in [0.2, 0.25) is 5.02 Å². The van der Waals surface area contributed by atoms with E-state index < -0.39 is 0 Å². The summed E-state index contributed by atoms with van der Waals surface area (Å²) < 4.78 is 13.1. The first-order valence-corrected chi connectivity index (χ1v) is 8.67. The molecule has 0 aromatic heterocycles. The van der Waals surface area contributed by atoms with Gasteiger partial charge >= 0.3 is 0 Å². The molecule has 0 aliphatic carbocycles. The third-order valence-electron chi connectivity index (χ3n) is 4.74. The summed E-state index contributed by atoms with van der Waals surface area (Å²) >= 11 is 6.09. The van der Waals surface area contributed by atoms with Crippen LogP contribution >= 0.6 is 11.6 Å². The topological polar surface area (TPSA) is 35.6 Å².